The highest BCUT2D eigenvalue weighted by molar-refractivity contribution is 7.80. The first-order valence-corrected chi connectivity index (χ1v) is 3.84. The Morgan fingerprint density at radius 3 is 2.91 bits per heavy atom. The number of hydrogen-bond acceptors (Lipinski definition) is 2. The normalized spacial score (nSPS) is 10.3. The number of thiol groups is 1. The lowest BCUT2D eigenvalue weighted by atomic mass is 10.2. The van der Waals surface area contributed by atoms with Gasteiger partial charge >= 0.3 is 0 Å². The molecule has 0 spiro atoms. The van der Waals surface area contributed by atoms with Crippen LogP contribution in [0.5, 0.6) is 0 Å². The van der Waals surface area contributed by atoms with Crippen LogP contribution in [0.1, 0.15) is 0 Å². The second kappa shape index (κ2) is 2.55. The third-order valence-corrected chi connectivity index (χ3v) is 2.05. The van der Waals surface area contributed by atoms with Gasteiger partial charge in [0.05, 0.1) is 0 Å². The molecule has 0 atom stereocenters. The van der Waals surface area contributed by atoms with E-state index in [0.717, 1.165) is 15.7 Å². The fraction of sp³-hybridized carbons (Fsp3) is 0. The van der Waals surface area contributed by atoms with Crippen molar-refractivity contribution < 1.29 is 0 Å². The van der Waals surface area contributed by atoms with Gasteiger partial charge < -0.3 is 0 Å². The third-order valence-electron chi connectivity index (χ3n) is 1.66. The van der Waals surface area contributed by atoms with E-state index in [2.05, 4.69) is 17.6 Å². The molecule has 0 saturated carbocycles. The molecule has 0 N–H and O–H groups in total. The van der Waals surface area contributed by atoms with Crippen LogP contribution in [0, 0.1) is 0 Å². The predicted octanol–water partition coefficient (Wildman–Crippen LogP) is 2.52. The zero-order valence-electron chi connectivity index (χ0n) is 5.86. The van der Waals surface area contributed by atoms with E-state index in [9.17, 15) is 0 Å². The molecule has 1 nitrogen and oxygen atoms in total. The van der Waals surface area contributed by atoms with Crippen LogP contribution in [0.15, 0.2) is 41.6 Å². The quantitative estimate of drug-likeness (QED) is 0.586. The Morgan fingerprint density at radius 1 is 1.18 bits per heavy atom. The molecule has 2 aromatic rings. The zero-order valence-corrected chi connectivity index (χ0v) is 6.75. The number of aromatic nitrogens is 1. The Bertz CT molecular complexity index is 379. The topological polar surface area (TPSA) is 12.9 Å². The molecule has 0 aliphatic heterocycles. The second-order valence-corrected chi connectivity index (χ2v) is 2.86. The van der Waals surface area contributed by atoms with Crippen molar-refractivity contribution >= 4 is 23.4 Å². The molecule has 0 unspecified atom stereocenters. The van der Waals surface area contributed by atoms with Gasteiger partial charge in [-0.15, -0.1) is 12.6 Å². The number of pyridine rings is 1. The third kappa shape index (κ3) is 1.10. The Balaban J connectivity index is 2.91. The molecule has 0 bridgehead atoms. The van der Waals surface area contributed by atoms with Gasteiger partial charge in [-0.3, -0.25) is 4.98 Å². The van der Waals surface area contributed by atoms with Crippen LogP contribution in [-0.2, 0) is 0 Å². The van der Waals surface area contributed by atoms with Crippen LogP contribution in [-0.4, -0.2) is 4.98 Å². The van der Waals surface area contributed by atoms with Gasteiger partial charge in [-0.25, -0.2) is 0 Å². The fourth-order valence-electron chi connectivity index (χ4n) is 1.11. The molecule has 0 saturated heterocycles. The number of benzene rings is 1. The summed E-state index contributed by atoms with van der Waals surface area (Å²) in [5.74, 6) is 0. The van der Waals surface area contributed by atoms with Crippen molar-refractivity contribution in [3.63, 3.8) is 0 Å². The summed E-state index contributed by atoms with van der Waals surface area (Å²) in [4.78, 5) is 5.02. The van der Waals surface area contributed by atoms with E-state index in [1.165, 1.54) is 0 Å². The summed E-state index contributed by atoms with van der Waals surface area (Å²) < 4.78 is 0. The van der Waals surface area contributed by atoms with Crippen LogP contribution >= 0.6 is 12.6 Å². The highest BCUT2D eigenvalue weighted by atomic mass is 32.1. The van der Waals surface area contributed by atoms with Crippen molar-refractivity contribution in [2.24, 2.45) is 0 Å². The summed E-state index contributed by atoms with van der Waals surface area (Å²) in [6.07, 6.45) is 3.62. The zero-order chi connectivity index (χ0) is 7.68. The first-order chi connectivity index (χ1) is 5.38. The van der Waals surface area contributed by atoms with Crippen LogP contribution in [0.4, 0.5) is 0 Å². The van der Waals surface area contributed by atoms with Crippen molar-refractivity contribution in [3.05, 3.63) is 36.7 Å². The number of rotatable bonds is 0. The van der Waals surface area contributed by atoms with E-state index in [-0.39, 0.29) is 0 Å². The average molecular weight is 161 g/mol. The fourth-order valence-corrected chi connectivity index (χ4v) is 1.40. The number of fused-ring (bicyclic) bond motifs is 1. The van der Waals surface area contributed by atoms with Gasteiger partial charge in [0.2, 0.25) is 0 Å². The minimum absolute atomic E-state index is 1.00. The molecular formula is C9H7NS. The van der Waals surface area contributed by atoms with Crippen molar-refractivity contribution in [2.45, 2.75) is 4.90 Å². The molecule has 1 heterocycles. The van der Waals surface area contributed by atoms with Gasteiger partial charge in [-0.1, -0.05) is 12.1 Å². The monoisotopic (exact) mass is 161 g/mol. The summed E-state index contributed by atoms with van der Waals surface area (Å²) in [7, 11) is 0. The molecule has 2 rings (SSSR count). The summed E-state index contributed by atoms with van der Waals surface area (Å²) in [5.41, 5.74) is 0. The van der Waals surface area contributed by atoms with Crippen molar-refractivity contribution in [1.29, 1.82) is 0 Å². The molecule has 0 aliphatic rings. The van der Waals surface area contributed by atoms with E-state index >= 15 is 0 Å². The van der Waals surface area contributed by atoms with Crippen LogP contribution in [0.3, 0.4) is 0 Å². The van der Waals surface area contributed by atoms with Crippen LogP contribution in [0.25, 0.3) is 10.8 Å². The molecule has 54 valence electrons. The maximum absolute atomic E-state index is 4.32. The van der Waals surface area contributed by atoms with E-state index in [4.69, 9.17) is 0 Å². The number of nitrogens with zero attached hydrogens (tertiary/aromatic N) is 1. The summed E-state index contributed by atoms with van der Waals surface area (Å²) in [6, 6.07) is 7.96. The summed E-state index contributed by atoms with van der Waals surface area (Å²) >= 11 is 4.32. The maximum atomic E-state index is 4.32. The van der Waals surface area contributed by atoms with Gasteiger partial charge in [0.15, 0.2) is 0 Å². The molecular weight excluding hydrogens is 154 g/mol. The molecule has 0 fully saturated rings. The summed E-state index contributed by atoms with van der Waals surface area (Å²) in [6.45, 7) is 0. The molecule has 0 amide bonds. The van der Waals surface area contributed by atoms with Gasteiger partial charge in [-0.2, -0.15) is 0 Å². The van der Waals surface area contributed by atoms with Crippen LogP contribution in [0.2, 0.25) is 0 Å². The lowest BCUT2D eigenvalue weighted by Gasteiger charge is -1.97. The molecule has 11 heavy (non-hydrogen) atoms. The van der Waals surface area contributed by atoms with Crippen LogP contribution < -0.4 is 0 Å². The van der Waals surface area contributed by atoms with Crippen molar-refractivity contribution in [1.82, 2.24) is 4.98 Å². The minimum Gasteiger partial charge on any atom is -0.264 e. The molecule has 0 radical (unpaired) electrons. The van der Waals surface area contributed by atoms with Crippen molar-refractivity contribution in [3.8, 4) is 0 Å². The van der Waals surface area contributed by atoms with E-state index in [0.29, 0.717) is 0 Å². The molecule has 0 aliphatic carbocycles. The lowest BCUT2D eigenvalue weighted by Crippen LogP contribution is -1.75. The Labute approximate surface area is 70.5 Å². The SMILES string of the molecule is Sc1cccc2cnccc12. The highest BCUT2D eigenvalue weighted by Crippen LogP contribution is 2.19. The number of hydrogen-bond donors (Lipinski definition) is 1. The first-order valence-electron chi connectivity index (χ1n) is 3.39. The van der Waals surface area contributed by atoms with E-state index in [1.54, 1.807) is 6.20 Å². The molecule has 1 aromatic carbocycles. The van der Waals surface area contributed by atoms with Gasteiger partial charge in [0, 0.05) is 22.7 Å². The standard InChI is InChI=1S/C9H7NS/c11-9-3-1-2-7-6-10-5-4-8(7)9/h1-6,11H. The highest BCUT2D eigenvalue weighted by Gasteiger charge is 1.93. The van der Waals surface area contributed by atoms with Crippen molar-refractivity contribution in [2.75, 3.05) is 0 Å². The Morgan fingerprint density at radius 2 is 2.09 bits per heavy atom. The molecule has 2 heteroatoms. The largest absolute Gasteiger partial charge is 0.264 e. The van der Waals surface area contributed by atoms with Gasteiger partial charge in [0.25, 0.3) is 0 Å². The first kappa shape index (κ1) is 6.68. The minimum atomic E-state index is 1.00. The van der Waals surface area contributed by atoms with E-state index < -0.39 is 0 Å². The van der Waals surface area contributed by atoms with Gasteiger partial charge in [-0.05, 0) is 17.5 Å². The molecule has 1 aromatic heterocycles. The Kier molecular flexibility index (Phi) is 1.55. The van der Waals surface area contributed by atoms with E-state index in [1.807, 2.05) is 30.5 Å². The predicted molar refractivity (Wildman–Crippen MR) is 49.0 cm³/mol. The lowest BCUT2D eigenvalue weighted by molar-refractivity contribution is 1.35. The Hall–Kier alpha value is -1.02. The second-order valence-electron chi connectivity index (χ2n) is 2.37. The maximum Gasteiger partial charge on any atom is 0.0346 e. The average Bonchev–Trinajstić information content (AvgIpc) is 2.06. The smallest absolute Gasteiger partial charge is 0.0346 e. The van der Waals surface area contributed by atoms with Gasteiger partial charge in [0.1, 0.15) is 0 Å². The summed E-state index contributed by atoms with van der Waals surface area (Å²) in [5, 5.41) is 2.30.